The number of carbonyl (C=O) groups excluding carboxylic acids is 1. The topological polar surface area (TPSA) is 81.6 Å². The molecule has 0 aliphatic carbocycles. The van der Waals surface area contributed by atoms with Crippen molar-refractivity contribution in [1.82, 2.24) is 29.7 Å². The van der Waals surface area contributed by atoms with Crippen LogP contribution < -0.4 is 9.80 Å². The van der Waals surface area contributed by atoms with E-state index in [1.54, 1.807) is 18.5 Å². The first-order valence-electron chi connectivity index (χ1n) is 9.27. The monoisotopic (exact) mass is 368 g/mol. The molecule has 2 aliphatic heterocycles. The largest absolute Gasteiger partial charge is 0.354 e. The molecule has 27 heavy (non-hydrogen) atoms. The lowest BCUT2D eigenvalue weighted by molar-refractivity contribution is 0.0740. The predicted molar refractivity (Wildman–Crippen MR) is 102 cm³/mol. The van der Waals surface area contributed by atoms with Gasteiger partial charge in [0.25, 0.3) is 5.91 Å². The molecule has 0 radical (unpaired) electrons. The van der Waals surface area contributed by atoms with Gasteiger partial charge in [-0.3, -0.25) is 4.79 Å². The standard InChI is InChI=1S/C18H24N8O/c1-23-5-7-24(8-6-23)16-13-15(21-14-22-16)17(27)25-9-11-26(12-10-25)18-19-3-2-4-20-18/h2-4,13-14H,5-12H2,1H3. The van der Waals surface area contributed by atoms with E-state index >= 15 is 0 Å². The van der Waals surface area contributed by atoms with Crippen LogP contribution in [0.1, 0.15) is 10.5 Å². The maximum atomic E-state index is 12.9. The van der Waals surface area contributed by atoms with Crippen LogP contribution in [0, 0.1) is 0 Å². The van der Waals surface area contributed by atoms with E-state index in [0.717, 1.165) is 32.0 Å². The fraction of sp³-hybridized carbons (Fsp3) is 0.500. The minimum atomic E-state index is -0.0404. The molecule has 2 aliphatic rings. The highest BCUT2D eigenvalue weighted by atomic mass is 16.2. The van der Waals surface area contributed by atoms with E-state index in [1.807, 2.05) is 11.0 Å². The van der Waals surface area contributed by atoms with Crippen LogP contribution in [-0.4, -0.2) is 95.0 Å². The minimum Gasteiger partial charge on any atom is -0.354 e. The van der Waals surface area contributed by atoms with Crippen molar-refractivity contribution in [1.29, 1.82) is 0 Å². The van der Waals surface area contributed by atoms with E-state index < -0.39 is 0 Å². The third kappa shape index (κ3) is 3.97. The van der Waals surface area contributed by atoms with Crippen LogP contribution in [-0.2, 0) is 0 Å². The van der Waals surface area contributed by atoms with Crippen LogP contribution in [0.25, 0.3) is 0 Å². The van der Waals surface area contributed by atoms with Crippen LogP contribution in [0.2, 0.25) is 0 Å². The molecule has 4 rings (SSSR count). The molecule has 0 N–H and O–H groups in total. The molecule has 0 spiro atoms. The van der Waals surface area contributed by atoms with Gasteiger partial charge in [-0.15, -0.1) is 0 Å². The van der Waals surface area contributed by atoms with Crippen molar-refractivity contribution in [2.75, 3.05) is 69.2 Å². The average molecular weight is 368 g/mol. The van der Waals surface area contributed by atoms with Crippen LogP contribution >= 0.6 is 0 Å². The van der Waals surface area contributed by atoms with Gasteiger partial charge in [0.2, 0.25) is 5.95 Å². The van der Waals surface area contributed by atoms with E-state index in [2.05, 4.69) is 41.7 Å². The Hall–Kier alpha value is -2.81. The van der Waals surface area contributed by atoms with Gasteiger partial charge < -0.3 is 19.6 Å². The number of anilines is 2. The second-order valence-electron chi connectivity index (χ2n) is 6.88. The fourth-order valence-electron chi connectivity index (χ4n) is 3.40. The molecule has 2 aromatic heterocycles. The summed E-state index contributed by atoms with van der Waals surface area (Å²) in [6.45, 7) is 6.51. The van der Waals surface area contributed by atoms with Gasteiger partial charge in [0, 0.05) is 70.8 Å². The minimum absolute atomic E-state index is 0.0404. The van der Waals surface area contributed by atoms with Crippen molar-refractivity contribution in [3.05, 3.63) is 36.5 Å². The summed E-state index contributed by atoms with van der Waals surface area (Å²) in [5, 5.41) is 0. The molecule has 0 atom stereocenters. The first-order valence-corrected chi connectivity index (χ1v) is 9.27. The summed E-state index contributed by atoms with van der Waals surface area (Å²) in [6, 6.07) is 3.62. The van der Waals surface area contributed by atoms with Crippen molar-refractivity contribution in [3.8, 4) is 0 Å². The average Bonchev–Trinajstić information content (AvgIpc) is 2.75. The van der Waals surface area contributed by atoms with Crippen LogP contribution in [0.3, 0.4) is 0 Å². The Morgan fingerprint density at radius 3 is 2.22 bits per heavy atom. The number of piperazine rings is 2. The second-order valence-corrected chi connectivity index (χ2v) is 6.88. The predicted octanol–water partition coefficient (Wildman–Crippen LogP) is -0.0192. The number of hydrogen-bond donors (Lipinski definition) is 0. The van der Waals surface area contributed by atoms with Crippen molar-refractivity contribution in [3.63, 3.8) is 0 Å². The Labute approximate surface area is 158 Å². The van der Waals surface area contributed by atoms with Crippen LogP contribution in [0.5, 0.6) is 0 Å². The molecule has 2 aromatic rings. The molecule has 142 valence electrons. The molecule has 0 saturated carbocycles. The van der Waals surface area contributed by atoms with Gasteiger partial charge in [-0.25, -0.2) is 19.9 Å². The van der Waals surface area contributed by atoms with E-state index in [9.17, 15) is 4.79 Å². The summed E-state index contributed by atoms with van der Waals surface area (Å²) in [4.78, 5) is 38.5. The lowest BCUT2D eigenvalue weighted by Gasteiger charge is -2.35. The van der Waals surface area contributed by atoms with Crippen molar-refractivity contribution >= 4 is 17.7 Å². The molecule has 2 fully saturated rings. The number of likely N-dealkylation sites (N-methyl/N-ethyl adjacent to an activating group) is 1. The number of hydrogen-bond acceptors (Lipinski definition) is 8. The summed E-state index contributed by atoms with van der Waals surface area (Å²) in [5.41, 5.74) is 0.461. The summed E-state index contributed by atoms with van der Waals surface area (Å²) in [7, 11) is 2.12. The van der Waals surface area contributed by atoms with Crippen LogP contribution in [0.15, 0.2) is 30.9 Å². The Balaban J connectivity index is 1.39. The quantitative estimate of drug-likeness (QED) is 0.748. The zero-order valence-electron chi connectivity index (χ0n) is 15.5. The number of nitrogens with zero attached hydrogens (tertiary/aromatic N) is 8. The van der Waals surface area contributed by atoms with E-state index in [1.165, 1.54) is 6.33 Å². The highest BCUT2D eigenvalue weighted by Crippen LogP contribution is 2.16. The van der Waals surface area contributed by atoms with Crippen molar-refractivity contribution in [2.45, 2.75) is 0 Å². The van der Waals surface area contributed by atoms with Gasteiger partial charge in [0.05, 0.1) is 0 Å². The molecule has 4 heterocycles. The third-order valence-corrected chi connectivity index (χ3v) is 5.10. The van der Waals surface area contributed by atoms with E-state index in [4.69, 9.17) is 0 Å². The molecular weight excluding hydrogens is 344 g/mol. The highest BCUT2D eigenvalue weighted by molar-refractivity contribution is 5.93. The number of amides is 1. The lowest BCUT2D eigenvalue weighted by atomic mass is 10.2. The molecule has 9 nitrogen and oxygen atoms in total. The summed E-state index contributed by atoms with van der Waals surface area (Å²) >= 11 is 0. The fourth-order valence-corrected chi connectivity index (χ4v) is 3.40. The Kier molecular flexibility index (Phi) is 5.10. The first-order chi connectivity index (χ1) is 13.2. The summed E-state index contributed by atoms with van der Waals surface area (Å²) < 4.78 is 0. The van der Waals surface area contributed by atoms with Crippen molar-refractivity contribution in [2.24, 2.45) is 0 Å². The molecule has 0 bridgehead atoms. The third-order valence-electron chi connectivity index (χ3n) is 5.10. The maximum absolute atomic E-state index is 12.9. The second kappa shape index (κ2) is 7.83. The Morgan fingerprint density at radius 2 is 1.52 bits per heavy atom. The molecule has 2 saturated heterocycles. The van der Waals surface area contributed by atoms with E-state index in [-0.39, 0.29) is 5.91 Å². The zero-order valence-corrected chi connectivity index (χ0v) is 15.5. The van der Waals surface area contributed by atoms with Gasteiger partial charge >= 0.3 is 0 Å². The maximum Gasteiger partial charge on any atom is 0.272 e. The number of carbonyl (C=O) groups is 1. The lowest BCUT2D eigenvalue weighted by Crippen LogP contribution is -2.49. The molecule has 1 amide bonds. The summed E-state index contributed by atoms with van der Waals surface area (Å²) in [5.74, 6) is 1.50. The molecule has 0 aromatic carbocycles. The summed E-state index contributed by atoms with van der Waals surface area (Å²) in [6.07, 6.45) is 4.97. The van der Waals surface area contributed by atoms with Gasteiger partial charge in [-0.1, -0.05) is 0 Å². The highest BCUT2D eigenvalue weighted by Gasteiger charge is 2.25. The van der Waals surface area contributed by atoms with Gasteiger partial charge in [0.1, 0.15) is 17.8 Å². The zero-order chi connectivity index (χ0) is 18.6. The van der Waals surface area contributed by atoms with Crippen LogP contribution in [0.4, 0.5) is 11.8 Å². The molecule has 0 unspecified atom stereocenters. The van der Waals surface area contributed by atoms with Gasteiger partial charge in [0.15, 0.2) is 0 Å². The van der Waals surface area contributed by atoms with Gasteiger partial charge in [-0.05, 0) is 13.1 Å². The smallest absolute Gasteiger partial charge is 0.272 e. The molecule has 9 heteroatoms. The molecular formula is C18H24N8O. The Bertz CT molecular complexity index is 770. The number of rotatable bonds is 3. The number of aromatic nitrogens is 4. The Morgan fingerprint density at radius 1 is 0.852 bits per heavy atom. The van der Waals surface area contributed by atoms with E-state index in [0.29, 0.717) is 37.8 Å². The normalized spacial score (nSPS) is 18.6. The first kappa shape index (κ1) is 17.6. The van der Waals surface area contributed by atoms with Crippen molar-refractivity contribution < 1.29 is 4.79 Å². The SMILES string of the molecule is CN1CCN(c2cc(C(=O)N3CCN(c4ncccn4)CC3)ncn2)CC1. The van der Waals surface area contributed by atoms with Gasteiger partial charge in [-0.2, -0.15) is 0 Å².